The van der Waals surface area contributed by atoms with Gasteiger partial charge in [-0.3, -0.25) is 4.79 Å². The minimum Gasteiger partial charge on any atom is -0.481 e. The molecule has 3 nitrogen and oxygen atoms in total. The first-order chi connectivity index (χ1) is 6.50. The van der Waals surface area contributed by atoms with Gasteiger partial charge in [0.05, 0.1) is 12.5 Å². The number of nitrogens with zero attached hydrogens (tertiary/aromatic N) is 1. The van der Waals surface area contributed by atoms with Crippen LogP contribution in [0.5, 0.6) is 0 Å². The average Bonchev–Trinajstić information content (AvgIpc) is 2.46. The van der Waals surface area contributed by atoms with Crippen LogP contribution in [0.25, 0.3) is 0 Å². The van der Waals surface area contributed by atoms with E-state index in [0.717, 1.165) is 4.88 Å². The molecule has 0 bridgehead atoms. The standard InChI is InChI=1S/C10H15NO2S/c1-7-4-5-9(14-7)8(11(2)3)6-10(12)13/h4-5,8H,6H2,1-3H3,(H,12,13). The number of aryl methyl sites for hydroxylation is 1. The van der Waals surface area contributed by atoms with Crippen molar-refractivity contribution < 1.29 is 9.90 Å². The predicted octanol–water partition coefficient (Wildman–Crippen LogP) is 2.13. The Bertz CT molecular complexity index is 320. The molecule has 78 valence electrons. The van der Waals surface area contributed by atoms with Gasteiger partial charge in [-0.05, 0) is 33.2 Å². The monoisotopic (exact) mass is 213 g/mol. The van der Waals surface area contributed by atoms with E-state index < -0.39 is 5.97 Å². The highest BCUT2D eigenvalue weighted by Gasteiger charge is 2.18. The Labute approximate surface area is 88.0 Å². The number of carbonyl (C=O) groups is 1. The van der Waals surface area contributed by atoms with Crippen LogP contribution >= 0.6 is 11.3 Å². The largest absolute Gasteiger partial charge is 0.481 e. The molecular formula is C10H15NO2S. The van der Waals surface area contributed by atoms with Crippen molar-refractivity contribution in [3.05, 3.63) is 21.9 Å². The van der Waals surface area contributed by atoms with Gasteiger partial charge in [-0.25, -0.2) is 0 Å². The fraction of sp³-hybridized carbons (Fsp3) is 0.500. The van der Waals surface area contributed by atoms with Crippen LogP contribution in [0.15, 0.2) is 12.1 Å². The molecular weight excluding hydrogens is 198 g/mol. The fourth-order valence-corrected chi connectivity index (χ4v) is 2.41. The lowest BCUT2D eigenvalue weighted by Gasteiger charge is -2.21. The van der Waals surface area contributed by atoms with E-state index in [4.69, 9.17) is 5.11 Å². The summed E-state index contributed by atoms with van der Waals surface area (Å²) in [4.78, 5) is 15.0. The summed E-state index contributed by atoms with van der Waals surface area (Å²) in [6.07, 6.45) is 0.160. The van der Waals surface area contributed by atoms with Crippen LogP contribution < -0.4 is 0 Å². The Balaban J connectivity index is 2.82. The highest BCUT2D eigenvalue weighted by Crippen LogP contribution is 2.28. The summed E-state index contributed by atoms with van der Waals surface area (Å²) in [6, 6.07) is 4.03. The second-order valence-corrected chi connectivity index (χ2v) is 4.85. The van der Waals surface area contributed by atoms with Gasteiger partial charge in [-0.2, -0.15) is 0 Å². The third-order valence-electron chi connectivity index (χ3n) is 2.08. The Morgan fingerprint density at radius 2 is 2.21 bits per heavy atom. The van der Waals surface area contributed by atoms with Crippen molar-refractivity contribution in [2.45, 2.75) is 19.4 Å². The Kier molecular flexibility index (Phi) is 3.66. The second-order valence-electron chi connectivity index (χ2n) is 3.53. The van der Waals surface area contributed by atoms with Crippen LogP contribution in [0, 0.1) is 6.92 Å². The molecule has 0 aliphatic heterocycles. The highest BCUT2D eigenvalue weighted by atomic mass is 32.1. The van der Waals surface area contributed by atoms with Gasteiger partial charge in [0.25, 0.3) is 0 Å². The quantitative estimate of drug-likeness (QED) is 0.833. The van der Waals surface area contributed by atoms with Gasteiger partial charge < -0.3 is 10.0 Å². The van der Waals surface area contributed by atoms with Crippen LogP contribution in [0.4, 0.5) is 0 Å². The molecule has 0 amide bonds. The number of hydrogen-bond donors (Lipinski definition) is 1. The first-order valence-corrected chi connectivity index (χ1v) is 5.27. The molecule has 0 saturated heterocycles. The van der Waals surface area contributed by atoms with Crippen molar-refractivity contribution in [1.82, 2.24) is 4.90 Å². The normalized spacial score (nSPS) is 13.1. The molecule has 1 atom stereocenters. The van der Waals surface area contributed by atoms with E-state index >= 15 is 0 Å². The minimum absolute atomic E-state index is 0.00815. The molecule has 0 aliphatic rings. The van der Waals surface area contributed by atoms with E-state index in [1.54, 1.807) is 11.3 Å². The van der Waals surface area contributed by atoms with Crippen LogP contribution in [-0.2, 0) is 4.79 Å². The molecule has 1 aromatic heterocycles. The lowest BCUT2D eigenvalue weighted by Crippen LogP contribution is -2.21. The first kappa shape index (κ1) is 11.2. The maximum absolute atomic E-state index is 10.7. The van der Waals surface area contributed by atoms with E-state index in [2.05, 4.69) is 0 Å². The van der Waals surface area contributed by atoms with Gasteiger partial charge >= 0.3 is 5.97 Å². The molecule has 1 heterocycles. The van der Waals surface area contributed by atoms with Crippen molar-refractivity contribution in [3.63, 3.8) is 0 Å². The maximum atomic E-state index is 10.7. The molecule has 1 aromatic rings. The fourth-order valence-electron chi connectivity index (χ4n) is 1.34. The van der Waals surface area contributed by atoms with Crippen LogP contribution in [0.1, 0.15) is 22.2 Å². The van der Waals surface area contributed by atoms with E-state index in [-0.39, 0.29) is 12.5 Å². The molecule has 0 aromatic carbocycles. The zero-order valence-electron chi connectivity index (χ0n) is 8.65. The number of carboxylic acids is 1. The van der Waals surface area contributed by atoms with E-state index in [9.17, 15) is 4.79 Å². The van der Waals surface area contributed by atoms with E-state index in [0.29, 0.717) is 0 Å². The third-order valence-corrected chi connectivity index (χ3v) is 3.18. The molecule has 4 heteroatoms. The van der Waals surface area contributed by atoms with Gasteiger partial charge in [-0.15, -0.1) is 11.3 Å². The third kappa shape index (κ3) is 2.82. The Hall–Kier alpha value is -0.870. The van der Waals surface area contributed by atoms with Crippen LogP contribution in [0.2, 0.25) is 0 Å². The topological polar surface area (TPSA) is 40.5 Å². The summed E-state index contributed by atoms with van der Waals surface area (Å²) < 4.78 is 0. The second kappa shape index (κ2) is 4.57. The van der Waals surface area contributed by atoms with Crippen molar-refractivity contribution in [2.24, 2.45) is 0 Å². The van der Waals surface area contributed by atoms with E-state index in [1.807, 2.05) is 38.1 Å². The van der Waals surface area contributed by atoms with E-state index in [1.165, 1.54) is 4.88 Å². The Morgan fingerprint density at radius 1 is 1.57 bits per heavy atom. The number of aliphatic carboxylic acids is 1. The number of rotatable bonds is 4. The molecule has 1 N–H and O–H groups in total. The zero-order chi connectivity index (χ0) is 10.7. The lowest BCUT2D eigenvalue weighted by atomic mass is 10.1. The summed E-state index contributed by atoms with van der Waals surface area (Å²) in [5.74, 6) is -0.755. The number of hydrogen-bond acceptors (Lipinski definition) is 3. The first-order valence-electron chi connectivity index (χ1n) is 4.45. The highest BCUT2D eigenvalue weighted by molar-refractivity contribution is 7.12. The van der Waals surface area contributed by atoms with Gasteiger partial charge in [0, 0.05) is 9.75 Å². The van der Waals surface area contributed by atoms with Crippen molar-refractivity contribution in [1.29, 1.82) is 0 Å². The zero-order valence-corrected chi connectivity index (χ0v) is 9.47. The molecule has 1 rings (SSSR count). The summed E-state index contributed by atoms with van der Waals surface area (Å²) in [5.41, 5.74) is 0. The molecule has 0 aliphatic carbocycles. The van der Waals surface area contributed by atoms with Crippen molar-refractivity contribution in [3.8, 4) is 0 Å². The predicted molar refractivity (Wildman–Crippen MR) is 57.7 cm³/mol. The molecule has 14 heavy (non-hydrogen) atoms. The van der Waals surface area contributed by atoms with Crippen molar-refractivity contribution >= 4 is 17.3 Å². The van der Waals surface area contributed by atoms with Gasteiger partial charge in [0.2, 0.25) is 0 Å². The Morgan fingerprint density at radius 3 is 2.57 bits per heavy atom. The summed E-state index contributed by atoms with van der Waals surface area (Å²) in [7, 11) is 3.81. The minimum atomic E-state index is -0.755. The SMILES string of the molecule is Cc1ccc(C(CC(=O)O)N(C)C)s1. The molecule has 0 spiro atoms. The molecule has 0 fully saturated rings. The van der Waals surface area contributed by atoms with Crippen molar-refractivity contribution in [2.75, 3.05) is 14.1 Å². The summed E-state index contributed by atoms with van der Waals surface area (Å²) in [5, 5.41) is 8.78. The summed E-state index contributed by atoms with van der Waals surface area (Å²) in [6.45, 7) is 2.03. The number of carboxylic acid groups (broad SMARTS) is 1. The van der Waals surface area contributed by atoms with Gasteiger partial charge in [0.15, 0.2) is 0 Å². The molecule has 1 unspecified atom stereocenters. The number of thiophene rings is 1. The summed E-state index contributed by atoms with van der Waals surface area (Å²) >= 11 is 1.66. The maximum Gasteiger partial charge on any atom is 0.305 e. The lowest BCUT2D eigenvalue weighted by molar-refractivity contribution is -0.138. The van der Waals surface area contributed by atoms with Gasteiger partial charge in [-0.1, -0.05) is 0 Å². The smallest absolute Gasteiger partial charge is 0.305 e. The molecule has 0 radical (unpaired) electrons. The van der Waals surface area contributed by atoms with Crippen LogP contribution in [-0.4, -0.2) is 30.1 Å². The van der Waals surface area contributed by atoms with Crippen LogP contribution in [0.3, 0.4) is 0 Å². The molecule has 0 saturated carbocycles. The average molecular weight is 213 g/mol. The van der Waals surface area contributed by atoms with Gasteiger partial charge in [0.1, 0.15) is 0 Å².